The lowest BCUT2D eigenvalue weighted by atomic mass is 9.95. The van der Waals surface area contributed by atoms with Gasteiger partial charge in [0, 0.05) is 12.3 Å². The smallest absolute Gasteiger partial charge is 0.236 e. The highest BCUT2D eigenvalue weighted by atomic mass is 19.1. The molecule has 0 aliphatic heterocycles. The summed E-state index contributed by atoms with van der Waals surface area (Å²) in [6, 6.07) is 17.7. The Morgan fingerprint density at radius 2 is 1.88 bits per heavy atom. The van der Waals surface area contributed by atoms with E-state index in [1.807, 2.05) is 30.3 Å². The van der Waals surface area contributed by atoms with Gasteiger partial charge < -0.3 is 5.32 Å². The fourth-order valence-corrected chi connectivity index (χ4v) is 2.91. The molecular formula is C19H16FN3O. The number of carbonyl (C=O) groups is 1. The zero-order valence-electron chi connectivity index (χ0n) is 12.9. The molecule has 2 aromatic carbocycles. The number of hydrogen-bond acceptors (Lipinski definition) is 2. The highest BCUT2D eigenvalue weighted by Crippen LogP contribution is 2.49. The molecule has 3 aromatic rings. The van der Waals surface area contributed by atoms with Gasteiger partial charge in [-0.05, 0) is 42.7 Å². The second kappa shape index (κ2) is 5.60. The van der Waals surface area contributed by atoms with Crippen molar-refractivity contribution >= 4 is 11.7 Å². The van der Waals surface area contributed by atoms with Gasteiger partial charge in [-0.3, -0.25) is 4.79 Å². The van der Waals surface area contributed by atoms with Gasteiger partial charge in [0.1, 0.15) is 5.82 Å². The summed E-state index contributed by atoms with van der Waals surface area (Å²) in [4.78, 5) is 12.7. The maximum Gasteiger partial charge on any atom is 0.236 e. The minimum atomic E-state index is -0.626. The first-order chi connectivity index (χ1) is 11.7. The number of rotatable bonds is 4. The van der Waals surface area contributed by atoms with Gasteiger partial charge in [-0.25, -0.2) is 9.07 Å². The topological polar surface area (TPSA) is 46.9 Å². The van der Waals surface area contributed by atoms with Crippen molar-refractivity contribution < 1.29 is 9.18 Å². The van der Waals surface area contributed by atoms with Crippen LogP contribution >= 0.6 is 0 Å². The summed E-state index contributed by atoms with van der Waals surface area (Å²) in [5.74, 6) is 0.0397. The summed E-state index contributed by atoms with van der Waals surface area (Å²) in [5.41, 5.74) is 1.02. The van der Waals surface area contributed by atoms with E-state index in [2.05, 4.69) is 10.4 Å². The van der Waals surface area contributed by atoms with Gasteiger partial charge in [0.15, 0.2) is 5.82 Å². The van der Waals surface area contributed by atoms with E-state index in [4.69, 9.17) is 0 Å². The van der Waals surface area contributed by atoms with Crippen LogP contribution in [0, 0.1) is 5.82 Å². The second-order valence-corrected chi connectivity index (χ2v) is 6.03. The molecule has 0 saturated heterocycles. The van der Waals surface area contributed by atoms with Gasteiger partial charge in [-0.15, -0.1) is 0 Å². The van der Waals surface area contributed by atoms with E-state index in [9.17, 15) is 9.18 Å². The predicted octanol–water partition coefficient (Wildman–Crippen LogP) is 3.68. The largest absolute Gasteiger partial charge is 0.308 e. The Hall–Kier alpha value is -2.95. The normalized spacial score (nSPS) is 15.0. The second-order valence-electron chi connectivity index (χ2n) is 6.03. The SMILES string of the molecule is O=C(Nc1ccn(-c2ccccc2)n1)C1(c2cccc(F)c2)CC1. The zero-order valence-corrected chi connectivity index (χ0v) is 12.9. The Morgan fingerprint density at radius 3 is 2.58 bits per heavy atom. The Balaban J connectivity index is 1.54. The Bertz CT molecular complexity index is 884. The summed E-state index contributed by atoms with van der Waals surface area (Å²) < 4.78 is 15.2. The van der Waals surface area contributed by atoms with Crippen LogP contribution in [0.4, 0.5) is 10.2 Å². The van der Waals surface area contributed by atoms with Gasteiger partial charge >= 0.3 is 0 Å². The van der Waals surface area contributed by atoms with Gasteiger partial charge in [0.05, 0.1) is 11.1 Å². The average molecular weight is 321 g/mol. The van der Waals surface area contributed by atoms with Crippen molar-refractivity contribution in [2.45, 2.75) is 18.3 Å². The quantitative estimate of drug-likeness (QED) is 0.797. The lowest BCUT2D eigenvalue weighted by molar-refractivity contribution is -0.118. The first-order valence-corrected chi connectivity index (χ1v) is 7.86. The summed E-state index contributed by atoms with van der Waals surface area (Å²) in [6.45, 7) is 0. The first-order valence-electron chi connectivity index (χ1n) is 7.86. The summed E-state index contributed by atoms with van der Waals surface area (Å²) >= 11 is 0. The minimum Gasteiger partial charge on any atom is -0.308 e. The highest BCUT2D eigenvalue weighted by molar-refractivity contribution is 6.00. The van der Waals surface area contributed by atoms with Crippen molar-refractivity contribution in [1.29, 1.82) is 0 Å². The molecule has 1 aliphatic rings. The van der Waals surface area contributed by atoms with E-state index in [0.29, 0.717) is 5.82 Å². The van der Waals surface area contributed by atoms with Gasteiger partial charge in [0.25, 0.3) is 0 Å². The number of para-hydroxylation sites is 1. The summed E-state index contributed by atoms with van der Waals surface area (Å²) in [6.07, 6.45) is 3.25. The first kappa shape index (κ1) is 14.6. The number of aromatic nitrogens is 2. The third-order valence-corrected chi connectivity index (χ3v) is 4.41. The number of nitrogens with one attached hydrogen (secondary N) is 1. The molecule has 0 spiro atoms. The molecule has 1 aromatic heterocycles. The number of anilines is 1. The number of halogens is 1. The van der Waals surface area contributed by atoms with Crippen LogP contribution in [0.1, 0.15) is 18.4 Å². The Labute approximate surface area is 138 Å². The number of carbonyl (C=O) groups excluding carboxylic acids is 1. The molecule has 1 fully saturated rings. The number of benzene rings is 2. The summed E-state index contributed by atoms with van der Waals surface area (Å²) in [5, 5.41) is 7.24. The van der Waals surface area contributed by atoms with Crippen LogP contribution in [0.3, 0.4) is 0 Å². The number of hydrogen-bond donors (Lipinski definition) is 1. The fourth-order valence-electron chi connectivity index (χ4n) is 2.91. The van der Waals surface area contributed by atoms with Crippen molar-refractivity contribution in [3.63, 3.8) is 0 Å². The highest BCUT2D eigenvalue weighted by Gasteiger charge is 2.51. The van der Waals surface area contributed by atoms with Crippen LogP contribution in [0.2, 0.25) is 0 Å². The molecule has 0 bridgehead atoms. The van der Waals surface area contributed by atoms with Crippen molar-refractivity contribution in [1.82, 2.24) is 9.78 Å². The molecule has 24 heavy (non-hydrogen) atoms. The third kappa shape index (κ3) is 2.58. The fraction of sp³-hybridized carbons (Fsp3) is 0.158. The van der Waals surface area contributed by atoms with E-state index in [1.165, 1.54) is 12.1 Å². The van der Waals surface area contributed by atoms with E-state index in [1.54, 1.807) is 29.1 Å². The molecule has 0 atom stereocenters. The van der Waals surface area contributed by atoms with Crippen LogP contribution in [0.25, 0.3) is 5.69 Å². The number of amides is 1. The molecule has 1 aliphatic carbocycles. The maximum atomic E-state index is 13.5. The molecule has 1 amide bonds. The molecule has 1 heterocycles. The number of nitrogens with zero attached hydrogens (tertiary/aromatic N) is 2. The van der Waals surface area contributed by atoms with E-state index >= 15 is 0 Å². The Morgan fingerprint density at radius 1 is 1.08 bits per heavy atom. The van der Waals surface area contributed by atoms with Crippen LogP contribution in [0.15, 0.2) is 66.9 Å². The van der Waals surface area contributed by atoms with Gasteiger partial charge in [-0.1, -0.05) is 30.3 Å². The van der Waals surface area contributed by atoms with Crippen LogP contribution in [-0.4, -0.2) is 15.7 Å². The third-order valence-electron chi connectivity index (χ3n) is 4.41. The predicted molar refractivity (Wildman–Crippen MR) is 89.5 cm³/mol. The standard InChI is InChI=1S/C19H16FN3O/c20-15-6-4-5-14(13-15)19(10-11-19)18(24)21-17-9-12-23(22-17)16-7-2-1-3-8-16/h1-9,12-13H,10-11H2,(H,21,22,24). The van der Waals surface area contributed by atoms with E-state index in [-0.39, 0.29) is 11.7 Å². The van der Waals surface area contributed by atoms with Crippen LogP contribution < -0.4 is 5.32 Å². The van der Waals surface area contributed by atoms with Crippen molar-refractivity contribution in [3.05, 3.63) is 78.2 Å². The molecule has 1 N–H and O–H groups in total. The van der Waals surface area contributed by atoms with E-state index in [0.717, 1.165) is 24.1 Å². The molecule has 0 unspecified atom stereocenters. The van der Waals surface area contributed by atoms with Crippen molar-refractivity contribution in [2.75, 3.05) is 5.32 Å². The Kier molecular flexibility index (Phi) is 3.41. The van der Waals surface area contributed by atoms with Crippen molar-refractivity contribution in [3.8, 4) is 5.69 Å². The average Bonchev–Trinajstić information content (AvgIpc) is 3.30. The van der Waals surface area contributed by atoms with Gasteiger partial charge in [0.2, 0.25) is 5.91 Å². The minimum absolute atomic E-state index is 0.133. The zero-order chi connectivity index (χ0) is 16.6. The molecule has 4 rings (SSSR count). The molecular weight excluding hydrogens is 305 g/mol. The molecule has 5 heteroatoms. The summed E-state index contributed by atoms with van der Waals surface area (Å²) in [7, 11) is 0. The van der Waals surface area contributed by atoms with Crippen LogP contribution in [-0.2, 0) is 10.2 Å². The van der Waals surface area contributed by atoms with E-state index < -0.39 is 5.41 Å². The monoisotopic (exact) mass is 321 g/mol. The maximum absolute atomic E-state index is 13.5. The lowest BCUT2D eigenvalue weighted by Crippen LogP contribution is -2.28. The molecule has 120 valence electrons. The van der Waals surface area contributed by atoms with Gasteiger partial charge in [-0.2, -0.15) is 5.10 Å². The lowest BCUT2D eigenvalue weighted by Gasteiger charge is -2.14. The molecule has 0 radical (unpaired) electrons. The molecule has 4 nitrogen and oxygen atoms in total. The van der Waals surface area contributed by atoms with Crippen molar-refractivity contribution in [2.24, 2.45) is 0 Å². The molecule has 1 saturated carbocycles. The van der Waals surface area contributed by atoms with Crippen LogP contribution in [0.5, 0.6) is 0 Å².